The van der Waals surface area contributed by atoms with Gasteiger partial charge in [0, 0.05) is 28.2 Å². The molecule has 0 bridgehead atoms. The van der Waals surface area contributed by atoms with E-state index in [4.69, 9.17) is 0 Å². The molecule has 0 saturated carbocycles. The summed E-state index contributed by atoms with van der Waals surface area (Å²) in [5.41, 5.74) is 1.79. The predicted molar refractivity (Wildman–Crippen MR) is 87.1 cm³/mol. The third kappa shape index (κ3) is 4.95. The number of nitrogens with one attached hydrogen (secondary N) is 2. The van der Waals surface area contributed by atoms with E-state index in [-0.39, 0.29) is 12.1 Å². The van der Waals surface area contributed by atoms with Crippen LogP contribution in [0.15, 0.2) is 35.7 Å². The van der Waals surface area contributed by atoms with Gasteiger partial charge in [-0.15, -0.1) is 11.3 Å². The molecule has 21 heavy (non-hydrogen) atoms. The van der Waals surface area contributed by atoms with Gasteiger partial charge in [-0.05, 0) is 12.5 Å². The van der Waals surface area contributed by atoms with E-state index in [0.717, 1.165) is 11.3 Å². The number of hydrogen-bond donors (Lipinski definition) is 2. The molecule has 0 aliphatic heterocycles. The summed E-state index contributed by atoms with van der Waals surface area (Å²) < 4.78 is 11.5. The Balaban J connectivity index is 2.04. The highest BCUT2D eigenvalue weighted by Crippen LogP contribution is 2.16. The number of rotatable bonds is 5. The summed E-state index contributed by atoms with van der Waals surface area (Å²) in [6, 6.07) is 8.87. The quantitative estimate of drug-likeness (QED) is 0.888. The maximum atomic E-state index is 12.0. The molecule has 1 heterocycles. The molecule has 1 aromatic carbocycles. The van der Waals surface area contributed by atoms with Crippen molar-refractivity contribution in [2.75, 3.05) is 17.3 Å². The fourth-order valence-electron chi connectivity index (χ4n) is 1.84. The minimum absolute atomic E-state index is 0.293. The number of carbonyl (C=O) groups is 1. The first-order valence-electron chi connectivity index (χ1n) is 6.39. The molecule has 0 saturated heterocycles. The highest BCUT2D eigenvalue weighted by molar-refractivity contribution is 7.84. The Kier molecular flexibility index (Phi) is 5.46. The van der Waals surface area contributed by atoms with Crippen molar-refractivity contribution >= 4 is 33.3 Å². The maximum Gasteiger partial charge on any atom is 0.321 e. The predicted octanol–water partition coefficient (Wildman–Crippen LogP) is 2.69. The monoisotopic (exact) mass is 323 g/mol. The minimum atomic E-state index is -1.01. The van der Waals surface area contributed by atoms with Crippen molar-refractivity contribution in [3.05, 3.63) is 47.0 Å². The molecule has 2 rings (SSSR count). The fourth-order valence-corrected chi connectivity index (χ4v) is 3.27. The van der Waals surface area contributed by atoms with Crippen LogP contribution in [0.25, 0.3) is 0 Å². The van der Waals surface area contributed by atoms with Gasteiger partial charge in [0.25, 0.3) is 0 Å². The third-order valence-electron chi connectivity index (χ3n) is 2.75. The normalized spacial score (nSPS) is 13.4. The second-order valence-electron chi connectivity index (χ2n) is 4.60. The van der Waals surface area contributed by atoms with Crippen LogP contribution in [0.5, 0.6) is 0 Å². The summed E-state index contributed by atoms with van der Waals surface area (Å²) in [6.07, 6.45) is 1.62. The zero-order chi connectivity index (χ0) is 15.2. The van der Waals surface area contributed by atoms with Gasteiger partial charge in [0.15, 0.2) is 5.13 Å². The number of benzene rings is 1. The lowest BCUT2D eigenvalue weighted by atomic mass is 10.1. The van der Waals surface area contributed by atoms with E-state index in [1.807, 2.05) is 42.6 Å². The van der Waals surface area contributed by atoms with E-state index in [9.17, 15) is 9.00 Å². The SMILES string of the molecule is Cc1csc(NC(=O)N[C@H](C[S@@](C)=O)c2ccccc2)n1. The minimum Gasteiger partial charge on any atom is -0.330 e. The van der Waals surface area contributed by atoms with E-state index >= 15 is 0 Å². The lowest BCUT2D eigenvalue weighted by molar-refractivity contribution is 0.249. The molecule has 0 radical (unpaired) electrons. The van der Waals surface area contributed by atoms with Crippen LogP contribution < -0.4 is 10.6 Å². The van der Waals surface area contributed by atoms with E-state index in [1.165, 1.54) is 11.3 Å². The zero-order valence-corrected chi connectivity index (χ0v) is 13.5. The molecule has 0 aliphatic rings. The van der Waals surface area contributed by atoms with Gasteiger partial charge < -0.3 is 5.32 Å². The first-order chi connectivity index (χ1) is 10.0. The standard InChI is InChI=1S/C14H17N3O2S2/c1-10-8-20-14(15-10)17-13(18)16-12(9-21(2)19)11-6-4-3-5-7-11/h3-8,12H,9H2,1-2H3,(H2,15,16,17,18)/t12-,21-/m1/s1. The number of thiazole rings is 1. The van der Waals surface area contributed by atoms with E-state index < -0.39 is 10.8 Å². The topological polar surface area (TPSA) is 71.1 Å². The number of anilines is 1. The molecule has 7 heteroatoms. The summed E-state index contributed by atoms with van der Waals surface area (Å²) in [5, 5.41) is 7.96. The zero-order valence-electron chi connectivity index (χ0n) is 11.8. The number of nitrogens with zero attached hydrogens (tertiary/aromatic N) is 1. The number of aryl methyl sites for hydroxylation is 1. The number of aromatic nitrogens is 1. The summed E-state index contributed by atoms with van der Waals surface area (Å²) >= 11 is 1.37. The van der Waals surface area contributed by atoms with E-state index in [2.05, 4.69) is 15.6 Å². The van der Waals surface area contributed by atoms with Gasteiger partial charge in [0.2, 0.25) is 0 Å². The average molecular weight is 323 g/mol. The number of amides is 2. The molecule has 2 atom stereocenters. The Morgan fingerprint density at radius 3 is 2.67 bits per heavy atom. The third-order valence-corrected chi connectivity index (χ3v) is 4.43. The van der Waals surface area contributed by atoms with Crippen LogP contribution >= 0.6 is 11.3 Å². The molecule has 0 unspecified atom stereocenters. The summed E-state index contributed by atoms with van der Waals surface area (Å²) in [6.45, 7) is 1.87. The Morgan fingerprint density at radius 2 is 2.10 bits per heavy atom. The van der Waals surface area contributed by atoms with Crippen LogP contribution in [0.3, 0.4) is 0 Å². The first-order valence-corrected chi connectivity index (χ1v) is 9.00. The number of urea groups is 1. The van der Waals surface area contributed by atoms with Crippen LogP contribution in [0.4, 0.5) is 9.93 Å². The van der Waals surface area contributed by atoms with Crippen molar-refractivity contribution in [2.45, 2.75) is 13.0 Å². The molecule has 2 aromatic rings. The Labute approximate surface area is 130 Å². The fraction of sp³-hybridized carbons (Fsp3) is 0.286. The van der Waals surface area contributed by atoms with Crippen LogP contribution in [0.2, 0.25) is 0 Å². The Hall–Kier alpha value is -1.73. The molecule has 112 valence electrons. The molecular weight excluding hydrogens is 306 g/mol. The second kappa shape index (κ2) is 7.33. The highest BCUT2D eigenvalue weighted by Gasteiger charge is 2.16. The van der Waals surface area contributed by atoms with E-state index in [0.29, 0.717) is 10.9 Å². The van der Waals surface area contributed by atoms with Gasteiger partial charge in [0.1, 0.15) is 0 Å². The van der Waals surface area contributed by atoms with Crippen molar-refractivity contribution in [2.24, 2.45) is 0 Å². The average Bonchev–Trinajstić information content (AvgIpc) is 2.83. The molecule has 2 amide bonds. The van der Waals surface area contributed by atoms with Crippen molar-refractivity contribution < 1.29 is 9.00 Å². The molecular formula is C14H17N3O2S2. The summed E-state index contributed by atoms with van der Waals surface area (Å²) in [5.74, 6) is 0.369. The smallest absolute Gasteiger partial charge is 0.321 e. The lowest BCUT2D eigenvalue weighted by Crippen LogP contribution is -2.35. The second-order valence-corrected chi connectivity index (χ2v) is 6.93. The molecule has 5 nitrogen and oxygen atoms in total. The van der Waals surface area contributed by atoms with E-state index in [1.54, 1.807) is 6.26 Å². The van der Waals surface area contributed by atoms with Crippen molar-refractivity contribution in [3.63, 3.8) is 0 Å². The van der Waals surface area contributed by atoms with Gasteiger partial charge in [0.05, 0.1) is 11.7 Å². The Morgan fingerprint density at radius 1 is 1.38 bits per heavy atom. The van der Waals surface area contributed by atoms with Gasteiger partial charge in [-0.2, -0.15) is 0 Å². The maximum absolute atomic E-state index is 12.0. The summed E-state index contributed by atoms with van der Waals surface area (Å²) in [7, 11) is -1.01. The largest absolute Gasteiger partial charge is 0.330 e. The first kappa shape index (κ1) is 15.7. The van der Waals surface area contributed by atoms with Crippen LogP contribution in [-0.2, 0) is 10.8 Å². The number of carbonyl (C=O) groups excluding carboxylic acids is 1. The Bertz CT molecular complexity index is 628. The van der Waals surface area contributed by atoms with Crippen LogP contribution in [-0.4, -0.2) is 27.2 Å². The van der Waals surface area contributed by atoms with Crippen molar-refractivity contribution in [1.29, 1.82) is 0 Å². The van der Waals surface area contributed by atoms with Crippen LogP contribution in [0, 0.1) is 6.92 Å². The molecule has 0 aliphatic carbocycles. The molecule has 0 spiro atoms. The van der Waals surface area contributed by atoms with Crippen LogP contribution in [0.1, 0.15) is 17.3 Å². The highest BCUT2D eigenvalue weighted by atomic mass is 32.2. The van der Waals surface area contributed by atoms with Crippen molar-refractivity contribution in [3.8, 4) is 0 Å². The molecule has 0 fully saturated rings. The summed E-state index contributed by atoms with van der Waals surface area (Å²) in [4.78, 5) is 16.2. The van der Waals surface area contributed by atoms with Crippen molar-refractivity contribution in [1.82, 2.24) is 10.3 Å². The van der Waals surface area contributed by atoms with Gasteiger partial charge >= 0.3 is 6.03 Å². The molecule has 2 N–H and O–H groups in total. The lowest BCUT2D eigenvalue weighted by Gasteiger charge is -2.18. The van der Waals surface area contributed by atoms with Gasteiger partial charge in [-0.25, -0.2) is 9.78 Å². The van der Waals surface area contributed by atoms with Gasteiger partial charge in [-0.1, -0.05) is 30.3 Å². The number of hydrogen-bond acceptors (Lipinski definition) is 4. The van der Waals surface area contributed by atoms with Gasteiger partial charge in [-0.3, -0.25) is 9.53 Å². The molecule has 1 aromatic heterocycles.